The third kappa shape index (κ3) is 6.52. The lowest BCUT2D eigenvalue weighted by Gasteiger charge is -2.18. The van der Waals surface area contributed by atoms with Crippen LogP contribution in [0.1, 0.15) is 49.1 Å². The van der Waals surface area contributed by atoms with E-state index in [0.717, 1.165) is 22.3 Å². The van der Waals surface area contributed by atoms with Gasteiger partial charge in [0.1, 0.15) is 6.61 Å². The first-order chi connectivity index (χ1) is 16.3. The number of halogens is 2. The maximum absolute atomic E-state index is 14.1. The largest absolute Gasteiger partial charge is 0.481 e. The molecule has 182 valence electrons. The number of aliphatic carboxylic acids is 1. The Morgan fingerprint density at radius 1 is 0.882 bits per heavy atom. The van der Waals surface area contributed by atoms with Crippen LogP contribution in [0.15, 0.2) is 48.5 Å². The Morgan fingerprint density at radius 3 is 2.09 bits per heavy atom. The molecule has 0 aromatic heterocycles. The molecule has 3 rings (SSSR count). The van der Waals surface area contributed by atoms with Gasteiger partial charge in [0.25, 0.3) is 5.91 Å². The molecule has 0 aliphatic heterocycles. The highest BCUT2D eigenvalue weighted by molar-refractivity contribution is 5.84. The molecule has 0 bridgehead atoms. The highest BCUT2D eigenvalue weighted by Gasteiger charge is 2.39. The molecule has 2 amide bonds. The van der Waals surface area contributed by atoms with E-state index in [2.05, 4.69) is 5.32 Å². The highest BCUT2D eigenvalue weighted by Crippen LogP contribution is 2.44. The van der Waals surface area contributed by atoms with E-state index in [9.17, 15) is 23.2 Å². The Labute approximate surface area is 196 Å². The van der Waals surface area contributed by atoms with E-state index in [1.54, 1.807) is 0 Å². The third-order valence-electron chi connectivity index (χ3n) is 5.73. The summed E-state index contributed by atoms with van der Waals surface area (Å²) in [6.45, 7) is -1.14. The fourth-order valence-corrected chi connectivity index (χ4v) is 4.00. The van der Waals surface area contributed by atoms with Gasteiger partial charge in [-0.1, -0.05) is 61.4 Å². The summed E-state index contributed by atoms with van der Waals surface area (Å²) in [5, 5.41) is 12.7. The molecule has 0 unspecified atom stereocenters. The van der Waals surface area contributed by atoms with Crippen molar-refractivity contribution in [2.75, 3.05) is 19.7 Å². The van der Waals surface area contributed by atoms with E-state index in [-0.39, 0.29) is 25.5 Å². The second-order valence-corrected chi connectivity index (χ2v) is 8.20. The summed E-state index contributed by atoms with van der Waals surface area (Å²) in [4.78, 5) is 34.3. The number of carbonyl (C=O) groups excluding carboxylic acids is 2. The molecular weight excluding hydrogens is 446 g/mol. The molecule has 0 atom stereocenters. The van der Waals surface area contributed by atoms with Gasteiger partial charge in [0.2, 0.25) is 0 Å². The molecule has 0 fully saturated rings. The van der Waals surface area contributed by atoms with Crippen LogP contribution in [0.2, 0.25) is 0 Å². The van der Waals surface area contributed by atoms with Crippen LogP contribution in [0, 0.1) is 0 Å². The number of ether oxygens (including phenoxy) is 1. The normalized spacial score (nSPS) is 12.5. The fourth-order valence-electron chi connectivity index (χ4n) is 4.00. The minimum absolute atomic E-state index is 0.0144. The number of alkyl halides is 2. The zero-order valence-corrected chi connectivity index (χ0v) is 18.7. The second kappa shape index (κ2) is 11.6. The molecule has 1 aliphatic carbocycles. The number of fused-ring (bicyclic) bond motifs is 3. The summed E-state index contributed by atoms with van der Waals surface area (Å²) < 4.78 is 33.4. The van der Waals surface area contributed by atoms with Gasteiger partial charge in [-0.05, 0) is 35.1 Å². The number of carboxylic acid groups (broad SMARTS) is 1. The number of carbonyl (C=O) groups is 3. The number of carboxylic acids is 1. The van der Waals surface area contributed by atoms with Gasteiger partial charge >= 0.3 is 18.0 Å². The lowest BCUT2D eigenvalue weighted by atomic mass is 9.98. The number of alkyl carbamates (subject to hydrolysis) is 1. The maximum Gasteiger partial charge on any atom is 0.407 e. The average molecular weight is 475 g/mol. The highest BCUT2D eigenvalue weighted by atomic mass is 19.3. The van der Waals surface area contributed by atoms with E-state index in [1.165, 1.54) is 0 Å². The number of benzene rings is 2. The van der Waals surface area contributed by atoms with Crippen molar-refractivity contribution in [2.45, 2.75) is 43.9 Å². The lowest BCUT2D eigenvalue weighted by molar-refractivity contribution is -0.144. The number of rotatable bonds is 12. The topological polar surface area (TPSA) is 105 Å². The number of unbranched alkanes of at least 4 members (excludes halogenated alkanes) is 3. The molecule has 0 spiro atoms. The Kier molecular flexibility index (Phi) is 8.56. The molecule has 2 aromatic carbocycles. The van der Waals surface area contributed by atoms with Crippen LogP contribution in [0.25, 0.3) is 11.1 Å². The quantitative estimate of drug-likeness (QED) is 0.398. The Balaban J connectivity index is 1.40. The smallest absolute Gasteiger partial charge is 0.407 e. The predicted molar refractivity (Wildman–Crippen MR) is 122 cm³/mol. The Morgan fingerprint density at radius 2 is 1.47 bits per heavy atom. The van der Waals surface area contributed by atoms with Crippen molar-refractivity contribution in [3.63, 3.8) is 0 Å². The molecule has 0 heterocycles. The van der Waals surface area contributed by atoms with Crippen LogP contribution in [-0.4, -0.2) is 48.7 Å². The first kappa shape index (κ1) is 25.1. The van der Waals surface area contributed by atoms with Crippen molar-refractivity contribution in [1.82, 2.24) is 10.6 Å². The van der Waals surface area contributed by atoms with Crippen LogP contribution in [0.5, 0.6) is 0 Å². The average Bonchev–Trinajstić information content (AvgIpc) is 3.14. The van der Waals surface area contributed by atoms with Gasteiger partial charge in [0.15, 0.2) is 0 Å². The molecule has 34 heavy (non-hydrogen) atoms. The van der Waals surface area contributed by atoms with Gasteiger partial charge < -0.3 is 20.5 Å². The summed E-state index contributed by atoms with van der Waals surface area (Å²) >= 11 is 0. The van der Waals surface area contributed by atoms with Crippen molar-refractivity contribution < 1.29 is 33.0 Å². The second-order valence-electron chi connectivity index (χ2n) is 8.20. The molecule has 0 radical (unpaired) electrons. The molecule has 3 N–H and O–H groups in total. The Hall–Kier alpha value is -3.49. The zero-order chi connectivity index (χ0) is 24.6. The molecule has 0 saturated heterocycles. The fraction of sp³-hybridized carbons (Fsp3) is 0.400. The molecule has 2 aromatic rings. The van der Waals surface area contributed by atoms with E-state index in [1.807, 2.05) is 53.8 Å². The van der Waals surface area contributed by atoms with E-state index < -0.39 is 30.4 Å². The van der Waals surface area contributed by atoms with Gasteiger partial charge in [-0.15, -0.1) is 0 Å². The number of amides is 2. The van der Waals surface area contributed by atoms with Crippen molar-refractivity contribution in [3.05, 3.63) is 59.7 Å². The van der Waals surface area contributed by atoms with Crippen LogP contribution < -0.4 is 10.6 Å². The molecule has 9 heteroatoms. The van der Waals surface area contributed by atoms with Crippen LogP contribution in [0.4, 0.5) is 13.6 Å². The number of hydrogen-bond acceptors (Lipinski definition) is 4. The van der Waals surface area contributed by atoms with Crippen molar-refractivity contribution in [3.8, 4) is 11.1 Å². The minimum atomic E-state index is -3.78. The first-order valence-electron chi connectivity index (χ1n) is 11.3. The maximum atomic E-state index is 14.1. The summed E-state index contributed by atoms with van der Waals surface area (Å²) in [6.07, 6.45) is 1.27. The first-order valence-corrected chi connectivity index (χ1v) is 11.3. The van der Waals surface area contributed by atoms with Crippen LogP contribution in [0.3, 0.4) is 0 Å². The number of nitrogens with one attached hydrogen (secondary N) is 2. The molecule has 7 nitrogen and oxygen atoms in total. The van der Waals surface area contributed by atoms with Gasteiger partial charge in [-0.2, -0.15) is 8.78 Å². The van der Waals surface area contributed by atoms with Gasteiger partial charge in [-0.25, -0.2) is 4.79 Å². The van der Waals surface area contributed by atoms with Gasteiger partial charge in [0, 0.05) is 18.9 Å². The van der Waals surface area contributed by atoms with Crippen molar-refractivity contribution in [2.24, 2.45) is 0 Å². The van der Waals surface area contributed by atoms with E-state index >= 15 is 0 Å². The zero-order valence-electron chi connectivity index (χ0n) is 18.7. The third-order valence-corrected chi connectivity index (χ3v) is 5.73. The summed E-state index contributed by atoms with van der Waals surface area (Å²) in [5.41, 5.74) is 4.11. The summed E-state index contributed by atoms with van der Waals surface area (Å²) in [6, 6.07) is 15.5. The Bertz CT molecular complexity index is 982. The van der Waals surface area contributed by atoms with Crippen LogP contribution in [-0.2, 0) is 14.3 Å². The lowest BCUT2D eigenvalue weighted by Crippen LogP contribution is -2.48. The van der Waals surface area contributed by atoms with Gasteiger partial charge in [0.05, 0.1) is 6.54 Å². The summed E-state index contributed by atoms with van der Waals surface area (Å²) in [5.74, 6) is -6.33. The number of hydrogen-bond donors (Lipinski definition) is 3. The molecule has 0 saturated carbocycles. The van der Waals surface area contributed by atoms with Crippen molar-refractivity contribution >= 4 is 18.0 Å². The minimum Gasteiger partial charge on any atom is -0.481 e. The van der Waals surface area contributed by atoms with E-state index in [4.69, 9.17) is 9.84 Å². The summed E-state index contributed by atoms with van der Waals surface area (Å²) in [7, 11) is 0. The standard InChI is InChI=1S/C25H28F2N2O5/c26-25(27,23(32)28-14-8-2-1-3-13-22(30)31)16-29-24(33)34-15-21-19-11-6-4-9-17(19)18-10-5-7-12-20(18)21/h4-7,9-12,21H,1-3,8,13-16H2,(H,28,32)(H,29,33)(H,30,31). The molecule has 1 aliphatic rings. The van der Waals surface area contributed by atoms with Crippen LogP contribution >= 0.6 is 0 Å². The van der Waals surface area contributed by atoms with E-state index in [0.29, 0.717) is 25.7 Å². The van der Waals surface area contributed by atoms with Crippen molar-refractivity contribution in [1.29, 1.82) is 0 Å². The van der Waals surface area contributed by atoms with Gasteiger partial charge in [-0.3, -0.25) is 9.59 Å². The monoisotopic (exact) mass is 474 g/mol. The molecular formula is C25H28F2N2O5. The predicted octanol–water partition coefficient (Wildman–Crippen LogP) is 4.31. The SMILES string of the molecule is O=C(O)CCCCCCNC(=O)C(F)(F)CNC(=O)OCC1c2ccccc2-c2ccccc21.